The van der Waals surface area contributed by atoms with Crippen LogP contribution in [-0.4, -0.2) is 8.42 Å². The molecular formula is C32H22Cl2F6O2S. The van der Waals surface area contributed by atoms with Gasteiger partial charge in [-0.25, -0.2) is 8.42 Å². The van der Waals surface area contributed by atoms with E-state index in [0.717, 1.165) is 24.3 Å². The molecule has 0 aliphatic heterocycles. The standard InChI is InChI=1S/C32H22Cl2F6O2S/c33-27-15-7-23(8-16-27)29(19-5-21-1-11-25(12-2-21)31(35,36)37)43(41,42)30(24-9-17-28(34)18-10-24)20-6-22-3-13-26(14-4-22)32(38,39)40/h1-20,29-30H. The second-order valence-corrected chi connectivity index (χ2v) is 12.6. The van der Waals surface area contributed by atoms with Crippen LogP contribution in [0.4, 0.5) is 26.3 Å². The second kappa shape index (κ2) is 13.0. The molecule has 224 valence electrons. The molecule has 0 aliphatic carbocycles. The summed E-state index contributed by atoms with van der Waals surface area (Å²) in [5.74, 6) is 0. The van der Waals surface area contributed by atoms with Gasteiger partial charge in [-0.05, 0) is 70.8 Å². The van der Waals surface area contributed by atoms with Crippen LogP contribution >= 0.6 is 23.2 Å². The van der Waals surface area contributed by atoms with E-state index < -0.39 is 43.8 Å². The average molecular weight is 655 g/mol. The Morgan fingerprint density at radius 1 is 0.512 bits per heavy atom. The maximum absolute atomic E-state index is 14.3. The predicted molar refractivity (Wildman–Crippen MR) is 158 cm³/mol. The fourth-order valence-electron chi connectivity index (χ4n) is 4.25. The molecule has 4 aromatic rings. The summed E-state index contributed by atoms with van der Waals surface area (Å²) in [6.07, 6.45) is -3.48. The largest absolute Gasteiger partial charge is 0.416 e. The number of sulfone groups is 1. The van der Waals surface area contributed by atoms with Gasteiger partial charge in [0, 0.05) is 10.0 Å². The van der Waals surface area contributed by atoms with E-state index in [1.807, 2.05) is 0 Å². The van der Waals surface area contributed by atoms with E-state index in [1.54, 1.807) is 0 Å². The molecule has 0 spiro atoms. The molecule has 2 nitrogen and oxygen atoms in total. The summed E-state index contributed by atoms with van der Waals surface area (Å²) in [6.45, 7) is 0. The Balaban J connectivity index is 1.78. The van der Waals surface area contributed by atoms with Gasteiger partial charge in [-0.15, -0.1) is 0 Å². The fourth-order valence-corrected chi connectivity index (χ4v) is 6.48. The molecule has 43 heavy (non-hydrogen) atoms. The van der Waals surface area contributed by atoms with Crippen LogP contribution in [0, 0.1) is 0 Å². The topological polar surface area (TPSA) is 34.1 Å². The zero-order valence-corrected chi connectivity index (χ0v) is 24.3. The molecular weight excluding hydrogens is 633 g/mol. The minimum absolute atomic E-state index is 0.338. The van der Waals surface area contributed by atoms with Gasteiger partial charge < -0.3 is 0 Å². The zero-order valence-electron chi connectivity index (χ0n) is 22.0. The molecule has 0 N–H and O–H groups in total. The third-order valence-corrected chi connectivity index (χ3v) is 9.29. The third kappa shape index (κ3) is 8.31. The second-order valence-electron chi connectivity index (χ2n) is 9.49. The Morgan fingerprint density at radius 2 is 0.814 bits per heavy atom. The molecule has 0 fully saturated rings. The Labute approximate surface area is 254 Å². The summed E-state index contributed by atoms with van der Waals surface area (Å²) in [5, 5.41) is -1.85. The highest BCUT2D eigenvalue weighted by atomic mass is 35.5. The molecule has 0 saturated heterocycles. The van der Waals surface area contributed by atoms with E-state index in [1.165, 1.54) is 97.1 Å². The number of benzene rings is 4. The zero-order chi connectivity index (χ0) is 31.4. The summed E-state index contributed by atoms with van der Waals surface area (Å²) >= 11 is 12.1. The van der Waals surface area contributed by atoms with Gasteiger partial charge in [0.05, 0.1) is 11.1 Å². The first kappa shape index (κ1) is 32.4. The van der Waals surface area contributed by atoms with Crippen molar-refractivity contribution in [2.75, 3.05) is 0 Å². The Hall–Kier alpha value is -3.53. The molecule has 4 aromatic carbocycles. The quantitative estimate of drug-likeness (QED) is 0.177. The number of rotatable bonds is 8. The van der Waals surface area contributed by atoms with Crippen LogP contribution < -0.4 is 0 Å². The highest BCUT2D eigenvalue weighted by molar-refractivity contribution is 7.92. The van der Waals surface area contributed by atoms with E-state index >= 15 is 0 Å². The highest BCUT2D eigenvalue weighted by Crippen LogP contribution is 2.38. The molecule has 0 saturated carbocycles. The minimum atomic E-state index is -4.53. The molecule has 0 bridgehead atoms. The van der Waals surface area contributed by atoms with Crippen molar-refractivity contribution in [1.29, 1.82) is 0 Å². The monoisotopic (exact) mass is 654 g/mol. The van der Waals surface area contributed by atoms with E-state index in [-0.39, 0.29) is 0 Å². The SMILES string of the molecule is O=S(=O)(C(C=Cc1ccc(C(F)(F)F)cc1)c1ccc(Cl)cc1)C(C=Cc1ccc(C(F)(F)F)cc1)c1ccc(Cl)cc1. The highest BCUT2D eigenvalue weighted by Gasteiger charge is 2.34. The van der Waals surface area contributed by atoms with Crippen molar-refractivity contribution in [2.24, 2.45) is 0 Å². The summed E-state index contributed by atoms with van der Waals surface area (Å²) < 4.78 is 107. The number of hydrogen-bond donors (Lipinski definition) is 0. The van der Waals surface area contributed by atoms with Crippen LogP contribution in [0.25, 0.3) is 12.2 Å². The first-order chi connectivity index (χ1) is 20.1. The Kier molecular flexibility index (Phi) is 9.79. The van der Waals surface area contributed by atoms with Gasteiger partial charge in [0.2, 0.25) is 0 Å². The van der Waals surface area contributed by atoms with Crippen molar-refractivity contribution in [3.05, 3.63) is 153 Å². The van der Waals surface area contributed by atoms with E-state index in [4.69, 9.17) is 23.2 Å². The van der Waals surface area contributed by atoms with E-state index in [9.17, 15) is 34.8 Å². The van der Waals surface area contributed by atoms with Crippen molar-refractivity contribution in [3.63, 3.8) is 0 Å². The first-order valence-corrected chi connectivity index (χ1v) is 15.0. The maximum atomic E-state index is 14.3. The number of halogens is 8. The van der Waals surface area contributed by atoms with Crippen LogP contribution in [0.2, 0.25) is 10.0 Å². The van der Waals surface area contributed by atoms with Crippen molar-refractivity contribution in [1.82, 2.24) is 0 Å². The van der Waals surface area contributed by atoms with Crippen molar-refractivity contribution < 1.29 is 34.8 Å². The van der Waals surface area contributed by atoms with Crippen molar-refractivity contribution in [2.45, 2.75) is 22.9 Å². The van der Waals surface area contributed by atoms with Crippen LogP contribution in [0.15, 0.2) is 109 Å². The van der Waals surface area contributed by atoms with Crippen molar-refractivity contribution >= 4 is 45.2 Å². The van der Waals surface area contributed by atoms with E-state index in [0.29, 0.717) is 32.3 Å². The lowest BCUT2D eigenvalue weighted by atomic mass is 10.1. The summed E-state index contributed by atoms with van der Waals surface area (Å²) in [4.78, 5) is 0. The van der Waals surface area contributed by atoms with Crippen LogP contribution in [0.1, 0.15) is 43.9 Å². The summed E-state index contributed by atoms with van der Waals surface area (Å²) in [5.41, 5.74) is -0.328. The molecule has 0 radical (unpaired) electrons. The minimum Gasteiger partial charge on any atom is -0.227 e. The lowest BCUT2D eigenvalue weighted by Crippen LogP contribution is -2.19. The van der Waals surface area contributed by atoms with Crippen LogP contribution in [0.3, 0.4) is 0 Å². The maximum Gasteiger partial charge on any atom is 0.416 e. The van der Waals surface area contributed by atoms with Gasteiger partial charge >= 0.3 is 12.4 Å². The van der Waals surface area contributed by atoms with Gasteiger partial charge in [0.1, 0.15) is 10.5 Å². The van der Waals surface area contributed by atoms with Gasteiger partial charge in [-0.3, -0.25) is 0 Å². The lowest BCUT2D eigenvalue weighted by molar-refractivity contribution is -0.138. The van der Waals surface area contributed by atoms with E-state index in [2.05, 4.69) is 0 Å². The molecule has 0 aromatic heterocycles. The van der Waals surface area contributed by atoms with Crippen LogP contribution in [0.5, 0.6) is 0 Å². The molecule has 0 heterocycles. The first-order valence-electron chi connectivity index (χ1n) is 12.6. The lowest BCUT2D eigenvalue weighted by Gasteiger charge is -2.22. The Morgan fingerprint density at radius 3 is 1.09 bits per heavy atom. The van der Waals surface area contributed by atoms with Gasteiger partial charge in [-0.2, -0.15) is 26.3 Å². The molecule has 11 heteroatoms. The fraction of sp³-hybridized carbons (Fsp3) is 0.125. The third-order valence-electron chi connectivity index (χ3n) is 6.51. The van der Waals surface area contributed by atoms with Gasteiger partial charge in [-0.1, -0.05) is 96.0 Å². The number of hydrogen-bond acceptors (Lipinski definition) is 2. The molecule has 2 atom stereocenters. The Bertz CT molecular complexity index is 1570. The van der Waals surface area contributed by atoms with Gasteiger partial charge in [0.25, 0.3) is 0 Å². The molecule has 4 rings (SSSR count). The predicted octanol–water partition coefficient (Wildman–Crippen LogP) is 10.7. The normalized spacial score (nSPS) is 14.3. The molecule has 0 amide bonds. The smallest absolute Gasteiger partial charge is 0.227 e. The summed E-state index contributed by atoms with van der Waals surface area (Å²) in [6, 6.07) is 20.7. The summed E-state index contributed by atoms with van der Waals surface area (Å²) in [7, 11) is -4.22. The molecule has 2 unspecified atom stereocenters. The van der Waals surface area contributed by atoms with Gasteiger partial charge in [0.15, 0.2) is 9.84 Å². The van der Waals surface area contributed by atoms with Crippen molar-refractivity contribution in [3.8, 4) is 0 Å². The number of alkyl halides is 6. The molecule has 0 aliphatic rings. The van der Waals surface area contributed by atoms with Crippen LogP contribution in [-0.2, 0) is 22.2 Å². The average Bonchev–Trinajstić information content (AvgIpc) is 2.94.